The molecule has 0 bridgehead atoms. The third kappa shape index (κ3) is 3.42. The first-order valence-electron chi connectivity index (χ1n) is 6.08. The third-order valence-electron chi connectivity index (χ3n) is 3.26. The Kier molecular flexibility index (Phi) is 4.40. The summed E-state index contributed by atoms with van der Waals surface area (Å²) in [5.74, 6) is 0. The van der Waals surface area contributed by atoms with Gasteiger partial charge in [-0.15, -0.1) is 0 Å². The quantitative estimate of drug-likeness (QED) is 0.862. The molecule has 0 amide bonds. The summed E-state index contributed by atoms with van der Waals surface area (Å²) in [5.41, 5.74) is 6.84. The summed E-state index contributed by atoms with van der Waals surface area (Å²) in [4.78, 5) is 2.30. The van der Waals surface area contributed by atoms with Gasteiger partial charge in [-0.25, -0.2) is 0 Å². The molecule has 1 aromatic carbocycles. The second kappa shape index (κ2) is 5.83. The minimum Gasteiger partial charge on any atom is -0.387 e. The van der Waals surface area contributed by atoms with Crippen molar-refractivity contribution < 1.29 is 5.11 Å². The van der Waals surface area contributed by atoms with Gasteiger partial charge < -0.3 is 15.7 Å². The predicted molar refractivity (Wildman–Crippen MR) is 70.1 cm³/mol. The largest absolute Gasteiger partial charge is 0.387 e. The van der Waals surface area contributed by atoms with E-state index in [-0.39, 0.29) is 6.04 Å². The lowest BCUT2D eigenvalue weighted by Gasteiger charge is -2.24. The molecule has 2 rings (SSSR count). The maximum absolute atomic E-state index is 10.2. The second-order valence-electron chi connectivity index (χ2n) is 4.67. The number of hydrogen-bond donors (Lipinski definition) is 2. The molecule has 17 heavy (non-hydrogen) atoms. The zero-order valence-corrected chi connectivity index (χ0v) is 10.6. The fraction of sp³-hybridized carbons (Fsp3) is 0.538. The smallest absolute Gasteiger partial charge is 0.0953 e. The van der Waals surface area contributed by atoms with Crippen LogP contribution in [0, 0.1) is 0 Å². The molecule has 1 heterocycles. The average Bonchev–Trinajstić information content (AvgIpc) is 2.80. The number of hydrogen-bond acceptors (Lipinski definition) is 3. The third-order valence-corrected chi connectivity index (χ3v) is 3.50. The summed E-state index contributed by atoms with van der Waals surface area (Å²) >= 11 is 5.90. The fourth-order valence-electron chi connectivity index (χ4n) is 2.30. The van der Waals surface area contributed by atoms with Crippen molar-refractivity contribution in [2.75, 3.05) is 19.6 Å². The zero-order chi connectivity index (χ0) is 12.3. The highest BCUT2D eigenvalue weighted by atomic mass is 35.5. The molecule has 1 saturated heterocycles. The van der Waals surface area contributed by atoms with E-state index in [2.05, 4.69) is 4.90 Å². The van der Waals surface area contributed by atoms with Gasteiger partial charge in [-0.05, 0) is 43.6 Å². The lowest BCUT2D eigenvalue weighted by Crippen LogP contribution is -2.40. The van der Waals surface area contributed by atoms with E-state index in [1.807, 2.05) is 12.1 Å². The first-order chi connectivity index (χ1) is 8.16. The molecule has 1 fully saturated rings. The summed E-state index contributed by atoms with van der Waals surface area (Å²) in [5, 5.41) is 10.8. The summed E-state index contributed by atoms with van der Waals surface area (Å²) in [6.45, 7) is 2.93. The number of halogens is 1. The van der Waals surface area contributed by atoms with Gasteiger partial charge in [0, 0.05) is 17.6 Å². The van der Waals surface area contributed by atoms with E-state index in [4.69, 9.17) is 17.3 Å². The van der Waals surface area contributed by atoms with Crippen LogP contribution in [0.4, 0.5) is 0 Å². The van der Waals surface area contributed by atoms with E-state index < -0.39 is 6.10 Å². The molecule has 0 saturated carbocycles. The highest BCUT2D eigenvalue weighted by Gasteiger charge is 2.21. The molecule has 4 heteroatoms. The van der Waals surface area contributed by atoms with Crippen LogP contribution in [0.1, 0.15) is 24.5 Å². The Morgan fingerprint density at radius 3 is 2.71 bits per heavy atom. The predicted octanol–water partition coefficient (Wildman–Crippen LogP) is 1.80. The van der Waals surface area contributed by atoms with Crippen LogP contribution in [0.25, 0.3) is 0 Å². The van der Waals surface area contributed by atoms with E-state index in [1.54, 1.807) is 12.1 Å². The van der Waals surface area contributed by atoms with Crippen molar-refractivity contribution in [3.63, 3.8) is 0 Å². The summed E-state index contributed by atoms with van der Waals surface area (Å²) in [6.07, 6.45) is 1.83. The monoisotopic (exact) mass is 254 g/mol. The van der Waals surface area contributed by atoms with E-state index in [0.717, 1.165) is 25.2 Å². The van der Waals surface area contributed by atoms with E-state index in [9.17, 15) is 5.11 Å². The molecular formula is C13H19ClN2O. The van der Waals surface area contributed by atoms with Gasteiger partial charge in [-0.2, -0.15) is 0 Å². The SMILES string of the molecule is NC(CN1CCCC1)C(O)c1cccc(Cl)c1. The Hall–Kier alpha value is -0.610. The molecule has 0 radical (unpaired) electrons. The van der Waals surface area contributed by atoms with E-state index in [1.165, 1.54) is 12.8 Å². The summed E-state index contributed by atoms with van der Waals surface area (Å²) in [6, 6.07) is 7.01. The molecule has 3 nitrogen and oxygen atoms in total. The number of benzene rings is 1. The van der Waals surface area contributed by atoms with Gasteiger partial charge in [-0.1, -0.05) is 23.7 Å². The van der Waals surface area contributed by atoms with Crippen molar-refractivity contribution in [2.45, 2.75) is 25.0 Å². The number of nitrogens with two attached hydrogens (primary N) is 1. The molecular weight excluding hydrogens is 236 g/mol. The lowest BCUT2D eigenvalue weighted by atomic mass is 10.0. The molecule has 2 unspecified atom stereocenters. The van der Waals surface area contributed by atoms with Crippen LogP contribution < -0.4 is 5.73 Å². The van der Waals surface area contributed by atoms with Crippen molar-refractivity contribution in [1.82, 2.24) is 4.90 Å². The Balaban J connectivity index is 1.96. The second-order valence-corrected chi connectivity index (χ2v) is 5.11. The first kappa shape index (κ1) is 12.8. The average molecular weight is 255 g/mol. The van der Waals surface area contributed by atoms with Crippen LogP contribution >= 0.6 is 11.6 Å². The maximum atomic E-state index is 10.2. The highest BCUT2D eigenvalue weighted by molar-refractivity contribution is 6.30. The van der Waals surface area contributed by atoms with Gasteiger partial charge in [-0.3, -0.25) is 0 Å². The summed E-state index contributed by atoms with van der Waals surface area (Å²) < 4.78 is 0. The molecule has 0 spiro atoms. The summed E-state index contributed by atoms with van der Waals surface area (Å²) in [7, 11) is 0. The molecule has 3 N–H and O–H groups in total. The van der Waals surface area contributed by atoms with Crippen molar-refractivity contribution >= 4 is 11.6 Å². The molecule has 0 aliphatic carbocycles. The van der Waals surface area contributed by atoms with Crippen LogP contribution in [0.5, 0.6) is 0 Å². The lowest BCUT2D eigenvalue weighted by molar-refractivity contribution is 0.125. The number of nitrogens with zero attached hydrogens (tertiary/aromatic N) is 1. The topological polar surface area (TPSA) is 49.5 Å². The molecule has 94 valence electrons. The van der Waals surface area contributed by atoms with Crippen LogP contribution in [-0.2, 0) is 0 Å². The van der Waals surface area contributed by atoms with Gasteiger partial charge >= 0.3 is 0 Å². The Labute approximate surface area is 107 Å². The van der Waals surface area contributed by atoms with Crippen LogP contribution in [0.15, 0.2) is 24.3 Å². The molecule has 0 aromatic heterocycles. The van der Waals surface area contributed by atoms with Gasteiger partial charge in [0.25, 0.3) is 0 Å². The van der Waals surface area contributed by atoms with Gasteiger partial charge in [0.05, 0.1) is 6.10 Å². The maximum Gasteiger partial charge on any atom is 0.0953 e. The Bertz CT molecular complexity index is 366. The van der Waals surface area contributed by atoms with Crippen molar-refractivity contribution in [3.8, 4) is 0 Å². The van der Waals surface area contributed by atoms with Crippen LogP contribution in [0.2, 0.25) is 5.02 Å². The van der Waals surface area contributed by atoms with Crippen LogP contribution in [0.3, 0.4) is 0 Å². The van der Waals surface area contributed by atoms with E-state index >= 15 is 0 Å². The molecule has 1 aliphatic rings. The minimum atomic E-state index is -0.644. The molecule has 1 aromatic rings. The van der Waals surface area contributed by atoms with Crippen molar-refractivity contribution in [1.29, 1.82) is 0 Å². The zero-order valence-electron chi connectivity index (χ0n) is 9.85. The van der Waals surface area contributed by atoms with E-state index in [0.29, 0.717) is 5.02 Å². The fourth-order valence-corrected chi connectivity index (χ4v) is 2.50. The Morgan fingerprint density at radius 1 is 1.35 bits per heavy atom. The van der Waals surface area contributed by atoms with Gasteiger partial charge in [0.2, 0.25) is 0 Å². The number of aliphatic hydroxyl groups excluding tert-OH is 1. The highest BCUT2D eigenvalue weighted by Crippen LogP contribution is 2.21. The van der Waals surface area contributed by atoms with Crippen molar-refractivity contribution in [2.24, 2.45) is 5.73 Å². The first-order valence-corrected chi connectivity index (χ1v) is 6.46. The number of rotatable bonds is 4. The van der Waals surface area contributed by atoms with Gasteiger partial charge in [0.15, 0.2) is 0 Å². The normalized spacial score (nSPS) is 20.4. The van der Waals surface area contributed by atoms with Gasteiger partial charge in [0.1, 0.15) is 0 Å². The number of likely N-dealkylation sites (tertiary alicyclic amines) is 1. The van der Waals surface area contributed by atoms with Crippen LogP contribution in [-0.4, -0.2) is 35.7 Å². The Morgan fingerprint density at radius 2 is 2.06 bits per heavy atom. The molecule has 1 aliphatic heterocycles. The van der Waals surface area contributed by atoms with Crippen molar-refractivity contribution in [3.05, 3.63) is 34.9 Å². The standard InChI is InChI=1S/C13H19ClN2O/c14-11-5-3-4-10(8-11)13(17)12(15)9-16-6-1-2-7-16/h3-5,8,12-13,17H,1-2,6-7,9,15H2. The molecule has 2 atom stereocenters. The minimum absolute atomic E-state index is 0.258. The number of aliphatic hydroxyl groups is 1.